The predicted molar refractivity (Wildman–Crippen MR) is 119 cm³/mol. The molecule has 0 aliphatic rings. The zero-order valence-electron chi connectivity index (χ0n) is 16.9. The lowest BCUT2D eigenvalue weighted by molar-refractivity contribution is -0.142. The van der Waals surface area contributed by atoms with E-state index in [0.29, 0.717) is 5.56 Å². The smallest absolute Gasteiger partial charge is 0.323 e. The van der Waals surface area contributed by atoms with E-state index >= 15 is 0 Å². The number of rotatable bonds is 5. The van der Waals surface area contributed by atoms with Gasteiger partial charge in [0.1, 0.15) is 5.54 Å². The maximum Gasteiger partial charge on any atom is 0.323 e. The molecule has 2 amide bonds. The van der Waals surface area contributed by atoms with Gasteiger partial charge in [0.2, 0.25) is 0 Å². The number of nitrogens with two attached hydrogens (primary N) is 1. The summed E-state index contributed by atoms with van der Waals surface area (Å²) in [4.78, 5) is 22.3. The highest BCUT2D eigenvalue weighted by atomic mass is 16.4. The number of hydrogen-bond acceptors (Lipinski definition) is 5. The summed E-state index contributed by atoms with van der Waals surface area (Å²) in [6.45, 7) is 1.39. The molecule has 0 bridgehead atoms. The standard InChI is InChI=1S/C13H12N2O.C10H13NO4/c16-13(14-11-7-3-1-4-8-11)15-12-9-5-2-6-10-12;1-10(11,9(14)15)5-6-2-3-7(12)8(13)4-6/h1-10H,(H2,14,15,16);2-4,12-13H,5,11H2,1H3,(H,14,15). The maximum atomic E-state index is 11.6. The summed E-state index contributed by atoms with van der Waals surface area (Å²) in [5.74, 6) is -1.64. The molecule has 3 aromatic rings. The van der Waals surface area contributed by atoms with Gasteiger partial charge in [-0.2, -0.15) is 0 Å². The molecule has 8 heteroatoms. The number of amides is 2. The van der Waals surface area contributed by atoms with Crippen molar-refractivity contribution in [1.29, 1.82) is 0 Å². The molecule has 0 aliphatic carbocycles. The molecule has 0 saturated carbocycles. The Labute approximate surface area is 180 Å². The number of urea groups is 1. The number of nitrogens with one attached hydrogen (secondary N) is 2. The van der Waals surface area contributed by atoms with Crippen LogP contribution in [-0.4, -0.2) is 32.9 Å². The second-order valence-electron chi connectivity index (χ2n) is 7.03. The Balaban J connectivity index is 0.000000221. The first-order valence-electron chi connectivity index (χ1n) is 9.38. The zero-order chi connectivity index (χ0) is 22.9. The number of anilines is 2. The zero-order valence-corrected chi connectivity index (χ0v) is 16.9. The van der Waals surface area contributed by atoms with Crippen LogP contribution in [0, 0.1) is 0 Å². The minimum absolute atomic E-state index is 0.0795. The molecule has 7 N–H and O–H groups in total. The van der Waals surface area contributed by atoms with E-state index in [4.69, 9.17) is 15.9 Å². The fourth-order valence-corrected chi connectivity index (χ4v) is 2.52. The SMILES string of the molecule is CC(N)(Cc1ccc(O)c(O)c1)C(=O)O.O=C(Nc1ccccc1)Nc1ccccc1. The van der Waals surface area contributed by atoms with E-state index in [0.717, 1.165) is 11.4 Å². The second kappa shape index (κ2) is 10.7. The van der Waals surface area contributed by atoms with E-state index in [2.05, 4.69) is 10.6 Å². The van der Waals surface area contributed by atoms with E-state index in [1.54, 1.807) is 0 Å². The normalized spacial score (nSPS) is 11.9. The van der Waals surface area contributed by atoms with E-state index in [1.165, 1.54) is 25.1 Å². The summed E-state index contributed by atoms with van der Waals surface area (Å²) in [6.07, 6.45) is 0.0795. The molecule has 162 valence electrons. The van der Waals surface area contributed by atoms with Crippen LogP contribution in [0.1, 0.15) is 12.5 Å². The quantitative estimate of drug-likeness (QED) is 0.345. The van der Waals surface area contributed by atoms with Gasteiger partial charge < -0.3 is 31.7 Å². The Morgan fingerprint density at radius 3 is 1.74 bits per heavy atom. The van der Waals surface area contributed by atoms with Crippen molar-refractivity contribution in [1.82, 2.24) is 0 Å². The summed E-state index contributed by atoms with van der Waals surface area (Å²) < 4.78 is 0. The van der Waals surface area contributed by atoms with Gasteiger partial charge in [-0.15, -0.1) is 0 Å². The lowest BCUT2D eigenvalue weighted by Gasteiger charge is -2.19. The first kappa shape index (κ1) is 23.2. The van der Waals surface area contributed by atoms with Gasteiger partial charge in [0.25, 0.3) is 0 Å². The first-order valence-corrected chi connectivity index (χ1v) is 9.38. The number of para-hydroxylation sites is 2. The van der Waals surface area contributed by atoms with Crippen molar-refractivity contribution in [3.8, 4) is 11.5 Å². The number of carbonyl (C=O) groups excluding carboxylic acids is 1. The molecule has 1 unspecified atom stereocenters. The molecule has 0 aromatic heterocycles. The molecule has 3 aromatic carbocycles. The first-order chi connectivity index (χ1) is 14.7. The van der Waals surface area contributed by atoms with Gasteiger partial charge in [0.05, 0.1) is 0 Å². The molecular formula is C23H25N3O5. The van der Waals surface area contributed by atoms with Crippen molar-refractivity contribution in [2.75, 3.05) is 10.6 Å². The van der Waals surface area contributed by atoms with Crippen LogP contribution in [0.5, 0.6) is 11.5 Å². The summed E-state index contributed by atoms with van der Waals surface area (Å²) >= 11 is 0. The molecule has 0 saturated heterocycles. The van der Waals surface area contributed by atoms with Crippen molar-refractivity contribution < 1.29 is 24.9 Å². The average molecular weight is 423 g/mol. The minimum Gasteiger partial charge on any atom is -0.504 e. The number of carboxylic acid groups (broad SMARTS) is 1. The topological polar surface area (TPSA) is 145 Å². The van der Waals surface area contributed by atoms with Crippen LogP contribution < -0.4 is 16.4 Å². The van der Waals surface area contributed by atoms with Gasteiger partial charge in [0, 0.05) is 17.8 Å². The fraction of sp³-hybridized carbons (Fsp3) is 0.130. The van der Waals surface area contributed by atoms with Gasteiger partial charge >= 0.3 is 12.0 Å². The number of phenolic OH excluding ortho intramolecular Hbond substituents is 2. The summed E-state index contributed by atoms with van der Waals surface area (Å²) in [5.41, 5.74) is 6.25. The van der Waals surface area contributed by atoms with Crippen LogP contribution in [0.2, 0.25) is 0 Å². The molecule has 3 rings (SSSR count). The van der Waals surface area contributed by atoms with Crippen molar-refractivity contribution >= 4 is 23.4 Å². The Kier molecular flexibility index (Phi) is 7.99. The van der Waals surface area contributed by atoms with Gasteiger partial charge in [-0.25, -0.2) is 4.79 Å². The summed E-state index contributed by atoms with van der Waals surface area (Å²) in [6, 6.07) is 22.5. The second-order valence-corrected chi connectivity index (χ2v) is 7.03. The fourth-order valence-electron chi connectivity index (χ4n) is 2.52. The molecular weight excluding hydrogens is 398 g/mol. The molecule has 0 aliphatic heterocycles. The van der Waals surface area contributed by atoms with Crippen LogP contribution in [-0.2, 0) is 11.2 Å². The summed E-state index contributed by atoms with van der Waals surface area (Å²) in [5, 5.41) is 32.5. The van der Waals surface area contributed by atoms with Gasteiger partial charge in [-0.05, 0) is 48.9 Å². The number of phenols is 2. The predicted octanol–water partition coefficient (Wildman–Crippen LogP) is 3.77. The van der Waals surface area contributed by atoms with Crippen LogP contribution >= 0.6 is 0 Å². The number of carbonyl (C=O) groups is 2. The largest absolute Gasteiger partial charge is 0.504 e. The van der Waals surface area contributed by atoms with Crippen molar-refractivity contribution in [2.24, 2.45) is 5.73 Å². The van der Waals surface area contributed by atoms with Crippen LogP contribution in [0.15, 0.2) is 78.9 Å². The van der Waals surface area contributed by atoms with Crippen molar-refractivity contribution in [3.63, 3.8) is 0 Å². The summed E-state index contributed by atoms with van der Waals surface area (Å²) in [7, 11) is 0. The van der Waals surface area contributed by atoms with E-state index in [-0.39, 0.29) is 24.0 Å². The Morgan fingerprint density at radius 2 is 1.32 bits per heavy atom. The highest BCUT2D eigenvalue weighted by molar-refractivity contribution is 5.99. The van der Waals surface area contributed by atoms with Gasteiger partial charge in [-0.3, -0.25) is 4.79 Å². The van der Waals surface area contributed by atoms with Crippen molar-refractivity contribution in [3.05, 3.63) is 84.4 Å². The molecule has 31 heavy (non-hydrogen) atoms. The third-order valence-electron chi connectivity index (χ3n) is 4.16. The molecule has 0 heterocycles. The van der Waals surface area contributed by atoms with Crippen LogP contribution in [0.4, 0.5) is 16.2 Å². The number of hydrogen-bond donors (Lipinski definition) is 6. The molecule has 1 atom stereocenters. The average Bonchev–Trinajstić information content (AvgIpc) is 2.72. The van der Waals surface area contributed by atoms with Crippen LogP contribution in [0.25, 0.3) is 0 Å². The molecule has 0 spiro atoms. The van der Waals surface area contributed by atoms with E-state index in [1.807, 2.05) is 60.7 Å². The van der Waals surface area contributed by atoms with E-state index in [9.17, 15) is 14.7 Å². The number of carboxylic acids is 1. The van der Waals surface area contributed by atoms with Gasteiger partial charge in [-0.1, -0.05) is 42.5 Å². The Hall–Kier alpha value is -4.04. The highest BCUT2D eigenvalue weighted by Crippen LogP contribution is 2.26. The number of aliphatic carboxylic acids is 1. The van der Waals surface area contributed by atoms with Crippen LogP contribution in [0.3, 0.4) is 0 Å². The Morgan fingerprint density at radius 1 is 0.839 bits per heavy atom. The highest BCUT2D eigenvalue weighted by Gasteiger charge is 2.28. The number of benzene rings is 3. The number of aromatic hydroxyl groups is 2. The van der Waals surface area contributed by atoms with E-state index < -0.39 is 11.5 Å². The van der Waals surface area contributed by atoms with Gasteiger partial charge in [0.15, 0.2) is 11.5 Å². The van der Waals surface area contributed by atoms with Crippen molar-refractivity contribution in [2.45, 2.75) is 18.9 Å². The maximum absolute atomic E-state index is 11.6. The molecule has 0 radical (unpaired) electrons. The molecule has 0 fully saturated rings. The third kappa shape index (κ3) is 7.71. The lowest BCUT2D eigenvalue weighted by atomic mass is 9.94. The lowest BCUT2D eigenvalue weighted by Crippen LogP contribution is -2.46. The minimum atomic E-state index is -1.39. The monoisotopic (exact) mass is 423 g/mol. The molecule has 8 nitrogen and oxygen atoms in total. The Bertz CT molecular complexity index is 965. The third-order valence-corrected chi connectivity index (χ3v) is 4.16.